The summed E-state index contributed by atoms with van der Waals surface area (Å²) in [5.74, 6) is 1.15. The van der Waals surface area contributed by atoms with Gasteiger partial charge in [-0.15, -0.1) is 0 Å². The molecule has 118 valence electrons. The highest BCUT2D eigenvalue weighted by Crippen LogP contribution is 2.38. The first-order valence-corrected chi connectivity index (χ1v) is 8.60. The van der Waals surface area contributed by atoms with Crippen LogP contribution in [0.4, 0.5) is 5.82 Å². The van der Waals surface area contributed by atoms with Gasteiger partial charge < -0.3 is 0 Å². The predicted octanol–water partition coefficient (Wildman–Crippen LogP) is 4.37. The van der Waals surface area contributed by atoms with Gasteiger partial charge in [-0.3, -0.25) is 9.69 Å². The topological polar surface area (TPSA) is 57.0 Å². The van der Waals surface area contributed by atoms with Crippen molar-refractivity contribution in [1.82, 2.24) is 4.37 Å². The number of rotatable bonds is 4. The fraction of sp³-hybridized carbons (Fsp3) is 0.353. The molecule has 0 unspecified atom stereocenters. The molecule has 23 heavy (non-hydrogen) atoms. The van der Waals surface area contributed by atoms with Gasteiger partial charge in [0.15, 0.2) is 0 Å². The van der Waals surface area contributed by atoms with Crippen molar-refractivity contribution in [2.45, 2.75) is 19.3 Å². The smallest absolute Gasteiger partial charge is 0.231 e. The van der Waals surface area contributed by atoms with Crippen molar-refractivity contribution < 1.29 is 4.79 Å². The van der Waals surface area contributed by atoms with E-state index in [9.17, 15) is 4.79 Å². The van der Waals surface area contributed by atoms with Gasteiger partial charge in [0, 0.05) is 30.5 Å². The van der Waals surface area contributed by atoms with E-state index in [1.165, 1.54) is 11.5 Å². The normalized spacial score (nSPS) is 19.7. The summed E-state index contributed by atoms with van der Waals surface area (Å²) in [5, 5.41) is 9.36. The summed E-state index contributed by atoms with van der Waals surface area (Å²) in [4.78, 5) is 15.1. The number of aromatic nitrogens is 1. The molecule has 0 N–H and O–H groups in total. The van der Waals surface area contributed by atoms with Crippen LogP contribution >= 0.6 is 23.1 Å². The molecule has 2 aromatic rings. The molecule has 3 rings (SSSR count). The van der Waals surface area contributed by atoms with E-state index in [1.54, 1.807) is 11.9 Å². The van der Waals surface area contributed by atoms with Crippen molar-refractivity contribution in [2.24, 2.45) is 11.8 Å². The maximum atomic E-state index is 12.5. The zero-order valence-corrected chi connectivity index (χ0v) is 14.3. The molecule has 6 heteroatoms. The molecule has 0 radical (unpaired) electrons. The second-order valence-corrected chi connectivity index (χ2v) is 7.09. The van der Waals surface area contributed by atoms with E-state index < -0.39 is 0 Å². The SMILES string of the molecule is CN(C(=O)C1CC(CC#N)C1)c1cc(-c2cccc(Cl)c2)sn1. The highest BCUT2D eigenvalue weighted by molar-refractivity contribution is 7.09. The Morgan fingerprint density at radius 2 is 2.26 bits per heavy atom. The van der Waals surface area contributed by atoms with Gasteiger partial charge in [0.1, 0.15) is 5.82 Å². The number of anilines is 1. The van der Waals surface area contributed by atoms with Gasteiger partial charge in [-0.25, -0.2) is 0 Å². The van der Waals surface area contributed by atoms with Crippen LogP contribution in [0.1, 0.15) is 19.3 Å². The molecule has 0 bridgehead atoms. The zero-order chi connectivity index (χ0) is 16.4. The molecule has 1 aromatic heterocycles. The van der Waals surface area contributed by atoms with Crippen LogP contribution in [0.15, 0.2) is 30.3 Å². The van der Waals surface area contributed by atoms with Crippen molar-refractivity contribution in [1.29, 1.82) is 5.26 Å². The molecule has 0 atom stereocenters. The summed E-state index contributed by atoms with van der Waals surface area (Å²) in [6, 6.07) is 11.7. The minimum absolute atomic E-state index is 0.0228. The van der Waals surface area contributed by atoms with Gasteiger partial charge in [-0.05, 0) is 48.0 Å². The van der Waals surface area contributed by atoms with E-state index in [2.05, 4.69) is 10.4 Å². The van der Waals surface area contributed by atoms with Crippen LogP contribution in [0.25, 0.3) is 10.4 Å². The van der Waals surface area contributed by atoms with Crippen molar-refractivity contribution >= 4 is 34.9 Å². The van der Waals surface area contributed by atoms with E-state index in [1.807, 2.05) is 30.3 Å². The number of hydrogen-bond acceptors (Lipinski definition) is 4. The molecule has 1 saturated carbocycles. The standard InChI is InChI=1S/C17H16ClN3OS/c1-21(17(22)13-7-11(8-13)5-6-19)16-10-15(23-20-16)12-3-2-4-14(18)9-12/h2-4,9-11,13H,5,7-8H2,1H3. The monoisotopic (exact) mass is 345 g/mol. The number of carbonyl (C=O) groups excluding carboxylic acids is 1. The summed E-state index contributed by atoms with van der Waals surface area (Å²) in [5.41, 5.74) is 1.000. The number of amides is 1. The van der Waals surface area contributed by atoms with Crippen molar-refractivity contribution in [3.8, 4) is 16.5 Å². The van der Waals surface area contributed by atoms with Crippen molar-refractivity contribution in [2.75, 3.05) is 11.9 Å². The summed E-state index contributed by atoms with van der Waals surface area (Å²) in [6.45, 7) is 0. The molecule has 1 aliphatic rings. The Kier molecular flexibility index (Phi) is 4.65. The Labute approximate surface area is 144 Å². The molecule has 1 heterocycles. The maximum Gasteiger partial charge on any atom is 0.231 e. The van der Waals surface area contributed by atoms with Gasteiger partial charge >= 0.3 is 0 Å². The van der Waals surface area contributed by atoms with Crippen LogP contribution in [0, 0.1) is 23.2 Å². The number of hydrogen-bond donors (Lipinski definition) is 0. The highest BCUT2D eigenvalue weighted by atomic mass is 35.5. The Morgan fingerprint density at radius 1 is 1.48 bits per heavy atom. The molecule has 0 aliphatic heterocycles. The maximum absolute atomic E-state index is 12.5. The lowest BCUT2D eigenvalue weighted by Crippen LogP contribution is -2.40. The average Bonchev–Trinajstić information content (AvgIpc) is 2.99. The first kappa shape index (κ1) is 16.0. The molecule has 1 fully saturated rings. The lowest BCUT2D eigenvalue weighted by molar-refractivity contribution is -0.126. The van der Waals surface area contributed by atoms with E-state index in [-0.39, 0.29) is 11.8 Å². The minimum atomic E-state index is 0.0228. The molecular formula is C17H16ClN3OS. The van der Waals surface area contributed by atoms with E-state index in [0.29, 0.717) is 23.2 Å². The quantitative estimate of drug-likeness (QED) is 0.826. The van der Waals surface area contributed by atoms with Crippen LogP contribution in [0.3, 0.4) is 0 Å². The van der Waals surface area contributed by atoms with Gasteiger partial charge in [-0.2, -0.15) is 9.64 Å². The van der Waals surface area contributed by atoms with Crippen LogP contribution in [-0.2, 0) is 4.79 Å². The van der Waals surface area contributed by atoms with Gasteiger partial charge in [-0.1, -0.05) is 23.7 Å². The summed E-state index contributed by atoms with van der Waals surface area (Å²) < 4.78 is 4.39. The van der Waals surface area contributed by atoms with Crippen LogP contribution < -0.4 is 4.90 Å². The van der Waals surface area contributed by atoms with Crippen LogP contribution in [-0.4, -0.2) is 17.3 Å². The van der Waals surface area contributed by atoms with E-state index in [0.717, 1.165) is 23.3 Å². The van der Waals surface area contributed by atoms with Crippen LogP contribution in [0.5, 0.6) is 0 Å². The Hall–Kier alpha value is -1.90. The molecular weight excluding hydrogens is 330 g/mol. The zero-order valence-electron chi connectivity index (χ0n) is 12.7. The molecule has 1 aromatic carbocycles. The van der Waals surface area contributed by atoms with E-state index >= 15 is 0 Å². The minimum Gasteiger partial charge on any atom is -0.299 e. The molecule has 0 spiro atoms. The molecule has 0 saturated heterocycles. The predicted molar refractivity (Wildman–Crippen MR) is 92.4 cm³/mol. The van der Waals surface area contributed by atoms with Crippen molar-refractivity contribution in [3.05, 3.63) is 35.4 Å². The molecule has 1 aliphatic carbocycles. The number of carbonyl (C=O) groups is 1. The third-order valence-corrected chi connectivity index (χ3v) is 5.31. The number of benzene rings is 1. The fourth-order valence-electron chi connectivity index (χ4n) is 2.82. The first-order valence-electron chi connectivity index (χ1n) is 7.45. The highest BCUT2D eigenvalue weighted by Gasteiger charge is 2.36. The molecule has 4 nitrogen and oxygen atoms in total. The summed E-state index contributed by atoms with van der Waals surface area (Å²) >= 11 is 7.38. The Morgan fingerprint density at radius 3 is 2.96 bits per heavy atom. The Balaban J connectivity index is 1.68. The molecule has 1 amide bonds. The average molecular weight is 346 g/mol. The lowest BCUT2D eigenvalue weighted by atomic mass is 9.73. The second kappa shape index (κ2) is 6.69. The van der Waals surface area contributed by atoms with Crippen LogP contribution in [0.2, 0.25) is 5.02 Å². The summed E-state index contributed by atoms with van der Waals surface area (Å²) in [7, 11) is 1.76. The van der Waals surface area contributed by atoms with E-state index in [4.69, 9.17) is 16.9 Å². The summed E-state index contributed by atoms with van der Waals surface area (Å²) in [6.07, 6.45) is 2.16. The van der Waals surface area contributed by atoms with Gasteiger partial charge in [0.25, 0.3) is 0 Å². The second-order valence-electron chi connectivity index (χ2n) is 5.85. The number of nitrogens with zero attached hydrogens (tertiary/aromatic N) is 3. The number of halogens is 1. The number of nitriles is 1. The first-order chi connectivity index (χ1) is 11.1. The third kappa shape index (κ3) is 3.39. The lowest BCUT2D eigenvalue weighted by Gasteiger charge is -2.34. The largest absolute Gasteiger partial charge is 0.299 e. The van der Waals surface area contributed by atoms with Gasteiger partial charge in [0.2, 0.25) is 5.91 Å². The Bertz CT molecular complexity index is 761. The fourth-order valence-corrected chi connectivity index (χ4v) is 3.77. The third-order valence-electron chi connectivity index (χ3n) is 4.25. The van der Waals surface area contributed by atoms with Crippen molar-refractivity contribution in [3.63, 3.8) is 0 Å². The van der Waals surface area contributed by atoms with Gasteiger partial charge in [0.05, 0.1) is 10.9 Å².